The molecule has 1 aromatic heterocycles. The van der Waals surface area contributed by atoms with E-state index in [0.29, 0.717) is 27.4 Å². The van der Waals surface area contributed by atoms with Crippen LogP contribution in [-0.4, -0.2) is 25.2 Å². The fraction of sp³-hybridized carbons (Fsp3) is 0.571. The summed E-state index contributed by atoms with van der Waals surface area (Å²) in [5, 5.41) is 0.308. The number of esters is 2. The Morgan fingerprint density at radius 3 is 2.20 bits per heavy atom. The summed E-state index contributed by atoms with van der Waals surface area (Å²) in [7, 11) is 0. The van der Waals surface area contributed by atoms with Gasteiger partial charge in [-0.1, -0.05) is 13.8 Å². The van der Waals surface area contributed by atoms with Crippen molar-refractivity contribution in [3.63, 3.8) is 0 Å². The number of carbonyl (C=O) groups is 2. The Labute approximate surface area is 123 Å². The van der Waals surface area contributed by atoms with Gasteiger partial charge >= 0.3 is 11.9 Å². The molecule has 1 rings (SSSR count). The lowest BCUT2D eigenvalue weighted by Gasteiger charge is -2.09. The second-order valence-electron chi connectivity index (χ2n) is 4.69. The van der Waals surface area contributed by atoms with Gasteiger partial charge in [-0.2, -0.15) is 0 Å². The molecule has 0 aromatic carbocycles. The predicted molar refractivity (Wildman–Crippen MR) is 79.2 cm³/mol. The molecular formula is C14H21NO4S. The third-order valence-electron chi connectivity index (χ3n) is 2.59. The van der Waals surface area contributed by atoms with Crippen LogP contribution in [0.5, 0.6) is 0 Å². The van der Waals surface area contributed by atoms with Gasteiger partial charge in [-0.05, 0) is 31.7 Å². The van der Waals surface area contributed by atoms with Crippen LogP contribution in [0.4, 0.5) is 5.00 Å². The maximum atomic E-state index is 12.0. The molecule has 0 fully saturated rings. The van der Waals surface area contributed by atoms with Crippen molar-refractivity contribution in [1.29, 1.82) is 0 Å². The molecule has 0 radical (unpaired) electrons. The molecule has 1 aromatic rings. The van der Waals surface area contributed by atoms with Crippen molar-refractivity contribution >= 4 is 28.3 Å². The predicted octanol–water partition coefficient (Wildman–Crippen LogP) is 2.88. The van der Waals surface area contributed by atoms with Gasteiger partial charge in [0, 0.05) is 0 Å². The van der Waals surface area contributed by atoms with Crippen LogP contribution in [0.25, 0.3) is 0 Å². The summed E-state index contributed by atoms with van der Waals surface area (Å²) in [4.78, 5) is 24.4. The number of ether oxygens (including phenoxy) is 2. The molecule has 0 aliphatic rings. The molecule has 2 N–H and O–H groups in total. The lowest BCUT2D eigenvalue weighted by atomic mass is 9.99. The smallest absolute Gasteiger partial charge is 0.348 e. The number of hydrogen-bond acceptors (Lipinski definition) is 6. The van der Waals surface area contributed by atoms with E-state index in [4.69, 9.17) is 15.2 Å². The first kappa shape index (κ1) is 16.5. The van der Waals surface area contributed by atoms with Crippen molar-refractivity contribution in [3.8, 4) is 0 Å². The molecule has 0 amide bonds. The van der Waals surface area contributed by atoms with E-state index in [2.05, 4.69) is 0 Å². The first-order valence-corrected chi connectivity index (χ1v) is 7.49. The zero-order chi connectivity index (χ0) is 15.3. The fourth-order valence-corrected chi connectivity index (χ4v) is 2.86. The summed E-state index contributed by atoms with van der Waals surface area (Å²) in [6.45, 7) is 8.05. The average Bonchev–Trinajstić information content (AvgIpc) is 2.66. The average molecular weight is 299 g/mol. The van der Waals surface area contributed by atoms with Gasteiger partial charge in [0.05, 0.1) is 18.8 Å². The lowest BCUT2D eigenvalue weighted by molar-refractivity contribution is 0.0527. The standard InChI is InChI=1S/C14H21NO4S/c1-5-18-13(16)10-9(7-8(3)4)11(20-12(10)15)14(17)19-6-2/h8H,5-7,15H2,1-4H3. The van der Waals surface area contributed by atoms with Gasteiger partial charge in [-0.15, -0.1) is 11.3 Å². The van der Waals surface area contributed by atoms with E-state index in [-0.39, 0.29) is 19.1 Å². The van der Waals surface area contributed by atoms with Crippen LogP contribution >= 0.6 is 11.3 Å². The highest BCUT2D eigenvalue weighted by atomic mass is 32.1. The molecule has 0 spiro atoms. The Kier molecular flexibility index (Phi) is 6.01. The van der Waals surface area contributed by atoms with E-state index in [0.717, 1.165) is 11.3 Å². The summed E-state index contributed by atoms with van der Waals surface area (Å²) >= 11 is 1.09. The van der Waals surface area contributed by atoms with E-state index in [9.17, 15) is 9.59 Å². The summed E-state index contributed by atoms with van der Waals surface area (Å²) in [5.41, 5.74) is 6.84. The number of nitrogens with two attached hydrogens (primary N) is 1. The number of nitrogen functional groups attached to an aromatic ring is 1. The van der Waals surface area contributed by atoms with Crippen molar-refractivity contribution in [3.05, 3.63) is 16.0 Å². The number of thiophene rings is 1. The van der Waals surface area contributed by atoms with Crippen LogP contribution in [0.15, 0.2) is 0 Å². The molecule has 0 saturated carbocycles. The molecule has 0 aliphatic carbocycles. The Morgan fingerprint density at radius 1 is 1.15 bits per heavy atom. The summed E-state index contributed by atoms with van der Waals surface area (Å²) in [5.74, 6) is -0.631. The minimum atomic E-state index is -0.479. The quantitative estimate of drug-likeness (QED) is 0.817. The van der Waals surface area contributed by atoms with Crippen molar-refractivity contribution < 1.29 is 19.1 Å². The summed E-state index contributed by atoms with van der Waals surface area (Å²) in [6.07, 6.45) is 0.579. The van der Waals surface area contributed by atoms with Gasteiger partial charge in [-0.3, -0.25) is 0 Å². The molecule has 0 unspecified atom stereocenters. The van der Waals surface area contributed by atoms with Crippen LogP contribution < -0.4 is 5.73 Å². The van der Waals surface area contributed by atoms with Crippen LogP contribution in [0.2, 0.25) is 0 Å². The minimum Gasteiger partial charge on any atom is -0.462 e. The number of hydrogen-bond donors (Lipinski definition) is 1. The molecule has 5 nitrogen and oxygen atoms in total. The van der Waals surface area contributed by atoms with Crippen molar-refractivity contribution in [2.45, 2.75) is 34.1 Å². The van der Waals surface area contributed by atoms with Crippen LogP contribution in [0.1, 0.15) is 53.3 Å². The van der Waals surface area contributed by atoms with Crippen molar-refractivity contribution in [1.82, 2.24) is 0 Å². The summed E-state index contributed by atoms with van der Waals surface area (Å²) < 4.78 is 10.0. The highest BCUT2D eigenvalue weighted by Gasteiger charge is 2.27. The summed E-state index contributed by atoms with van der Waals surface area (Å²) in [6, 6.07) is 0. The van der Waals surface area contributed by atoms with E-state index < -0.39 is 11.9 Å². The molecular weight excluding hydrogens is 278 g/mol. The van der Waals surface area contributed by atoms with Crippen molar-refractivity contribution in [2.75, 3.05) is 18.9 Å². The van der Waals surface area contributed by atoms with Gasteiger partial charge in [0.15, 0.2) is 0 Å². The Bertz CT molecular complexity index is 494. The van der Waals surface area contributed by atoms with Gasteiger partial charge in [0.2, 0.25) is 0 Å². The number of carbonyl (C=O) groups excluding carboxylic acids is 2. The van der Waals surface area contributed by atoms with E-state index in [1.54, 1.807) is 13.8 Å². The zero-order valence-electron chi connectivity index (χ0n) is 12.3. The maximum absolute atomic E-state index is 12.0. The van der Waals surface area contributed by atoms with E-state index in [1.165, 1.54) is 0 Å². The topological polar surface area (TPSA) is 78.6 Å². The van der Waals surface area contributed by atoms with Gasteiger partial charge in [0.1, 0.15) is 9.88 Å². The second-order valence-corrected chi connectivity index (χ2v) is 5.74. The van der Waals surface area contributed by atoms with Crippen molar-refractivity contribution in [2.24, 2.45) is 5.92 Å². The Morgan fingerprint density at radius 2 is 1.70 bits per heavy atom. The molecule has 6 heteroatoms. The third-order valence-corrected chi connectivity index (χ3v) is 3.63. The lowest BCUT2D eigenvalue weighted by Crippen LogP contribution is -2.12. The Balaban J connectivity index is 3.28. The first-order valence-electron chi connectivity index (χ1n) is 6.67. The molecule has 0 bridgehead atoms. The van der Waals surface area contributed by atoms with Gasteiger partial charge < -0.3 is 15.2 Å². The molecule has 0 aliphatic heterocycles. The zero-order valence-corrected chi connectivity index (χ0v) is 13.1. The van der Waals surface area contributed by atoms with Gasteiger partial charge in [0.25, 0.3) is 0 Å². The molecule has 20 heavy (non-hydrogen) atoms. The third kappa shape index (κ3) is 3.72. The van der Waals surface area contributed by atoms with Gasteiger partial charge in [-0.25, -0.2) is 9.59 Å². The highest BCUT2D eigenvalue weighted by Crippen LogP contribution is 2.34. The highest BCUT2D eigenvalue weighted by molar-refractivity contribution is 7.18. The molecule has 0 atom stereocenters. The molecule has 112 valence electrons. The largest absolute Gasteiger partial charge is 0.462 e. The molecule has 0 saturated heterocycles. The van der Waals surface area contributed by atoms with Crippen LogP contribution in [0.3, 0.4) is 0 Å². The maximum Gasteiger partial charge on any atom is 0.348 e. The minimum absolute atomic E-state index is 0.268. The number of anilines is 1. The first-order chi connectivity index (χ1) is 9.42. The fourth-order valence-electron chi connectivity index (χ4n) is 1.88. The normalized spacial score (nSPS) is 10.7. The van der Waals surface area contributed by atoms with E-state index >= 15 is 0 Å². The van der Waals surface area contributed by atoms with E-state index in [1.807, 2.05) is 13.8 Å². The molecule has 1 heterocycles. The monoisotopic (exact) mass is 299 g/mol. The number of rotatable bonds is 6. The Hall–Kier alpha value is -1.56. The van der Waals surface area contributed by atoms with Crippen LogP contribution in [0, 0.1) is 5.92 Å². The second kappa shape index (κ2) is 7.28. The van der Waals surface area contributed by atoms with Crippen LogP contribution in [-0.2, 0) is 15.9 Å². The SMILES string of the molecule is CCOC(=O)c1sc(N)c(C(=O)OCC)c1CC(C)C.